The number of nitrogens with two attached hydrogens (primary N) is 1. The van der Waals surface area contributed by atoms with Crippen LogP contribution in [0.3, 0.4) is 0 Å². The number of nitrogens with one attached hydrogen (secondary N) is 1. The van der Waals surface area contributed by atoms with E-state index in [-0.39, 0.29) is 0 Å². The number of hydrazine groups is 1. The Bertz CT molecular complexity index is 871. The van der Waals surface area contributed by atoms with Gasteiger partial charge in [0, 0.05) is 33.3 Å². The quantitative estimate of drug-likeness (QED) is 0.450. The van der Waals surface area contributed by atoms with Crippen LogP contribution in [0.4, 0.5) is 5.00 Å². The highest BCUT2D eigenvalue weighted by Crippen LogP contribution is 2.30. The molecule has 4 rings (SSSR count). The van der Waals surface area contributed by atoms with Gasteiger partial charge in [0.2, 0.25) is 0 Å². The molecule has 2 heterocycles. The van der Waals surface area contributed by atoms with Gasteiger partial charge in [-0.2, -0.15) is 0 Å². The number of rotatable bonds is 3. The Morgan fingerprint density at radius 2 is 1.62 bits per heavy atom. The molecule has 0 fully saturated rings. The molecule has 2 aromatic carbocycles. The normalized spacial score (nSPS) is 11.3. The molecule has 0 saturated heterocycles. The van der Waals surface area contributed by atoms with E-state index in [1.165, 1.54) is 33.3 Å². The summed E-state index contributed by atoms with van der Waals surface area (Å²) >= 11 is 1.27. The molecular formula is C15H13N5S. The molecule has 0 saturated carbocycles. The Balaban J connectivity index is 1.98. The first kappa shape index (κ1) is 12.3. The van der Waals surface area contributed by atoms with Gasteiger partial charge in [0.1, 0.15) is 10.7 Å². The van der Waals surface area contributed by atoms with Gasteiger partial charge in [-0.3, -0.25) is 0 Å². The number of hydrogen-bond donors (Lipinski definition) is 2. The van der Waals surface area contributed by atoms with Crippen molar-refractivity contribution in [3.05, 3.63) is 54.2 Å². The molecule has 0 amide bonds. The summed E-state index contributed by atoms with van der Waals surface area (Å²) in [6, 6.07) is 16.8. The van der Waals surface area contributed by atoms with Crippen LogP contribution < -0.4 is 11.3 Å². The summed E-state index contributed by atoms with van der Waals surface area (Å²) in [4.78, 5) is 0. The summed E-state index contributed by atoms with van der Waals surface area (Å²) < 4.78 is 6.22. The molecule has 3 N–H and O–H groups in total. The van der Waals surface area contributed by atoms with Crippen LogP contribution in [0.15, 0.2) is 48.5 Å². The van der Waals surface area contributed by atoms with Crippen molar-refractivity contribution in [3.63, 3.8) is 0 Å². The number of nitrogens with zero attached hydrogens (tertiary/aromatic N) is 3. The van der Waals surface area contributed by atoms with Gasteiger partial charge in [0.15, 0.2) is 0 Å². The third kappa shape index (κ3) is 1.88. The maximum atomic E-state index is 5.52. The third-order valence-electron chi connectivity index (χ3n) is 3.67. The minimum absolute atomic E-state index is 0.643. The van der Waals surface area contributed by atoms with Crippen molar-refractivity contribution in [3.8, 4) is 0 Å². The highest BCUT2D eigenvalue weighted by molar-refractivity contribution is 7.10. The molecule has 0 atom stereocenters. The number of anilines is 1. The second kappa shape index (κ2) is 4.83. The number of nitrogen functional groups attached to an aromatic ring is 1. The molecule has 0 bridgehead atoms. The summed E-state index contributed by atoms with van der Waals surface area (Å²) in [5.41, 5.74) is 5.90. The highest BCUT2D eigenvalue weighted by Gasteiger charge is 2.13. The molecule has 0 aliphatic rings. The predicted molar refractivity (Wildman–Crippen MR) is 86.3 cm³/mol. The van der Waals surface area contributed by atoms with Crippen molar-refractivity contribution in [1.82, 2.24) is 14.2 Å². The van der Waals surface area contributed by atoms with Gasteiger partial charge >= 0.3 is 0 Å². The summed E-state index contributed by atoms with van der Waals surface area (Å²) in [7, 11) is 0. The van der Waals surface area contributed by atoms with Crippen LogP contribution >= 0.6 is 11.5 Å². The van der Waals surface area contributed by atoms with E-state index >= 15 is 0 Å². The smallest absolute Gasteiger partial charge is 0.149 e. The number of para-hydroxylation sites is 2. The largest absolute Gasteiger partial charge is 0.334 e. The molecule has 4 aromatic rings. The topological polar surface area (TPSA) is 68.8 Å². The van der Waals surface area contributed by atoms with E-state index in [1.54, 1.807) is 0 Å². The Morgan fingerprint density at radius 3 is 2.24 bits per heavy atom. The summed E-state index contributed by atoms with van der Waals surface area (Å²) in [5.74, 6) is 5.52. The first-order valence-corrected chi connectivity index (χ1v) is 7.39. The molecule has 21 heavy (non-hydrogen) atoms. The van der Waals surface area contributed by atoms with Gasteiger partial charge in [0.05, 0.1) is 6.54 Å². The molecule has 104 valence electrons. The number of hydrogen-bond acceptors (Lipinski definition) is 5. The van der Waals surface area contributed by atoms with E-state index in [0.717, 1.165) is 10.7 Å². The predicted octanol–water partition coefficient (Wildman–Crippen LogP) is 2.98. The summed E-state index contributed by atoms with van der Waals surface area (Å²) in [5, 5.41) is 7.48. The average molecular weight is 295 g/mol. The van der Waals surface area contributed by atoms with Gasteiger partial charge in [-0.25, -0.2) is 5.84 Å². The van der Waals surface area contributed by atoms with Crippen molar-refractivity contribution in [1.29, 1.82) is 0 Å². The molecular weight excluding hydrogens is 282 g/mol. The number of benzene rings is 2. The van der Waals surface area contributed by atoms with Crippen LogP contribution in [0.5, 0.6) is 0 Å². The van der Waals surface area contributed by atoms with Crippen LogP contribution in [0, 0.1) is 0 Å². The van der Waals surface area contributed by atoms with Crippen LogP contribution in [0.25, 0.3) is 21.8 Å². The molecule has 0 unspecified atom stereocenters. The van der Waals surface area contributed by atoms with Crippen molar-refractivity contribution >= 4 is 38.3 Å². The summed E-state index contributed by atoms with van der Waals surface area (Å²) in [6.45, 7) is 0.643. The first-order valence-electron chi connectivity index (χ1n) is 6.62. The van der Waals surface area contributed by atoms with Crippen molar-refractivity contribution in [2.24, 2.45) is 5.84 Å². The molecule has 2 aromatic heterocycles. The zero-order valence-corrected chi connectivity index (χ0v) is 12.0. The van der Waals surface area contributed by atoms with E-state index in [2.05, 4.69) is 68.1 Å². The second-order valence-corrected chi connectivity index (χ2v) is 5.57. The minimum Gasteiger partial charge on any atom is -0.334 e. The zero-order valence-electron chi connectivity index (χ0n) is 11.2. The fourth-order valence-electron chi connectivity index (χ4n) is 2.75. The maximum absolute atomic E-state index is 5.52. The zero-order chi connectivity index (χ0) is 14.2. The van der Waals surface area contributed by atoms with E-state index in [0.29, 0.717) is 6.54 Å². The van der Waals surface area contributed by atoms with Gasteiger partial charge in [0.25, 0.3) is 0 Å². The fraction of sp³-hybridized carbons (Fsp3) is 0.0667. The van der Waals surface area contributed by atoms with Gasteiger partial charge in [-0.15, -0.1) is 5.10 Å². The van der Waals surface area contributed by atoms with E-state index in [9.17, 15) is 0 Å². The fourth-order valence-corrected chi connectivity index (χ4v) is 3.23. The van der Waals surface area contributed by atoms with Crippen LogP contribution in [0.1, 0.15) is 5.69 Å². The monoisotopic (exact) mass is 295 g/mol. The Morgan fingerprint density at radius 1 is 1.00 bits per heavy atom. The number of aromatic nitrogens is 3. The Hall–Kier alpha value is -2.44. The molecule has 0 aliphatic heterocycles. The lowest BCUT2D eigenvalue weighted by Gasteiger charge is -2.06. The lowest BCUT2D eigenvalue weighted by atomic mass is 10.2. The van der Waals surface area contributed by atoms with E-state index in [1.807, 2.05) is 0 Å². The summed E-state index contributed by atoms with van der Waals surface area (Å²) in [6.07, 6.45) is 0. The van der Waals surface area contributed by atoms with Gasteiger partial charge in [-0.05, 0) is 12.1 Å². The lowest BCUT2D eigenvalue weighted by Crippen LogP contribution is -2.09. The van der Waals surface area contributed by atoms with Gasteiger partial charge in [-0.1, -0.05) is 40.9 Å². The molecule has 0 spiro atoms. The molecule has 0 aliphatic carbocycles. The Labute approximate surface area is 125 Å². The molecule has 6 heteroatoms. The number of fused-ring (bicyclic) bond motifs is 3. The lowest BCUT2D eigenvalue weighted by molar-refractivity contribution is 0.826. The Kier molecular flexibility index (Phi) is 2.83. The molecule has 5 nitrogen and oxygen atoms in total. The van der Waals surface area contributed by atoms with Crippen molar-refractivity contribution < 1.29 is 0 Å². The van der Waals surface area contributed by atoms with E-state index in [4.69, 9.17) is 5.84 Å². The molecule has 0 radical (unpaired) electrons. The van der Waals surface area contributed by atoms with Crippen molar-refractivity contribution in [2.45, 2.75) is 6.54 Å². The maximum Gasteiger partial charge on any atom is 0.149 e. The minimum atomic E-state index is 0.643. The average Bonchev–Trinajstić information content (AvgIpc) is 3.11. The SMILES string of the molecule is NNc1snnc1Cn1c2ccccc2c2ccccc21. The van der Waals surface area contributed by atoms with Crippen LogP contribution in [0.2, 0.25) is 0 Å². The van der Waals surface area contributed by atoms with Crippen molar-refractivity contribution in [2.75, 3.05) is 5.43 Å². The van der Waals surface area contributed by atoms with Gasteiger partial charge < -0.3 is 9.99 Å². The second-order valence-electron chi connectivity index (χ2n) is 4.81. The highest BCUT2D eigenvalue weighted by atomic mass is 32.1. The van der Waals surface area contributed by atoms with Crippen LogP contribution in [-0.4, -0.2) is 14.2 Å². The van der Waals surface area contributed by atoms with E-state index < -0.39 is 0 Å². The third-order valence-corrected chi connectivity index (χ3v) is 4.37. The first-order chi connectivity index (χ1) is 10.4. The van der Waals surface area contributed by atoms with Crippen LogP contribution in [-0.2, 0) is 6.54 Å². The standard InChI is InChI=1S/C15H13N5S/c16-17-15-12(18-19-21-15)9-20-13-7-3-1-5-10(13)11-6-2-4-8-14(11)20/h1-8,17H,9,16H2.